The molecule has 6 nitrogen and oxygen atoms in total. The number of pyridine rings is 1. The largest absolute Gasteiger partial charge is 0.395 e. The van der Waals surface area contributed by atoms with Crippen LogP contribution in [0.2, 0.25) is 0 Å². The van der Waals surface area contributed by atoms with Crippen LogP contribution in [0.3, 0.4) is 0 Å². The van der Waals surface area contributed by atoms with Crippen molar-refractivity contribution in [2.75, 3.05) is 25.0 Å². The fourth-order valence-corrected chi connectivity index (χ4v) is 2.41. The Morgan fingerprint density at radius 1 is 1.57 bits per heavy atom. The number of rotatable bonds is 6. The van der Waals surface area contributed by atoms with Gasteiger partial charge >= 0.3 is 6.03 Å². The number of aliphatic hydroxyl groups excluding tert-OH is 1. The number of nitrogens with one attached hydrogen (secondary N) is 1. The molecule has 2 N–H and O–H groups in total. The van der Waals surface area contributed by atoms with Crippen molar-refractivity contribution in [3.05, 3.63) is 42.6 Å². The monoisotopic (exact) mass is 304 g/mol. The van der Waals surface area contributed by atoms with Crippen LogP contribution in [0.1, 0.15) is 0 Å². The first-order valence-corrected chi connectivity index (χ1v) is 7.26. The van der Waals surface area contributed by atoms with Gasteiger partial charge in [-0.05, 0) is 12.1 Å². The second-order valence-electron chi connectivity index (χ2n) is 4.17. The standard InChI is InChI=1S/C14H16N4O2S/c1-2-6-18(7-8-19)14(20)17-13-16-12(10-21-13)11-4-3-5-15-9-11/h2-5,9-10,19H,1,6-8H2,(H,16,17,20). The second kappa shape index (κ2) is 7.51. The molecule has 110 valence electrons. The van der Waals surface area contributed by atoms with Gasteiger partial charge in [-0.25, -0.2) is 9.78 Å². The SMILES string of the molecule is C=CCN(CCO)C(=O)Nc1nc(-c2cccnc2)cs1. The Bertz CT molecular complexity index is 600. The summed E-state index contributed by atoms with van der Waals surface area (Å²) in [5, 5.41) is 14.0. The number of aliphatic hydroxyl groups is 1. The van der Waals surface area contributed by atoms with Crippen molar-refractivity contribution < 1.29 is 9.90 Å². The summed E-state index contributed by atoms with van der Waals surface area (Å²) in [4.78, 5) is 21.9. The highest BCUT2D eigenvalue weighted by Gasteiger charge is 2.13. The smallest absolute Gasteiger partial charge is 0.324 e. The average molecular weight is 304 g/mol. The molecule has 0 atom stereocenters. The zero-order chi connectivity index (χ0) is 15.1. The summed E-state index contributed by atoms with van der Waals surface area (Å²) in [6.07, 6.45) is 5.02. The predicted molar refractivity (Wildman–Crippen MR) is 83.2 cm³/mol. The van der Waals surface area contributed by atoms with Gasteiger partial charge in [-0.15, -0.1) is 17.9 Å². The van der Waals surface area contributed by atoms with Crippen molar-refractivity contribution >= 4 is 22.5 Å². The lowest BCUT2D eigenvalue weighted by molar-refractivity contribution is 0.195. The van der Waals surface area contributed by atoms with E-state index in [0.717, 1.165) is 11.3 Å². The van der Waals surface area contributed by atoms with Gasteiger partial charge in [0.25, 0.3) is 0 Å². The maximum atomic E-state index is 12.0. The third kappa shape index (κ3) is 4.11. The van der Waals surface area contributed by atoms with Gasteiger partial charge in [-0.3, -0.25) is 10.3 Å². The number of carbonyl (C=O) groups is 1. The Balaban J connectivity index is 2.05. The number of amides is 2. The second-order valence-corrected chi connectivity index (χ2v) is 5.03. The summed E-state index contributed by atoms with van der Waals surface area (Å²) in [6.45, 7) is 4.11. The minimum absolute atomic E-state index is 0.0972. The Labute approximate surface area is 126 Å². The van der Waals surface area contributed by atoms with Crippen LogP contribution < -0.4 is 5.32 Å². The number of anilines is 1. The summed E-state index contributed by atoms with van der Waals surface area (Å²) < 4.78 is 0. The lowest BCUT2D eigenvalue weighted by Crippen LogP contribution is -2.37. The molecule has 2 aromatic heterocycles. The quantitative estimate of drug-likeness (QED) is 0.802. The molecule has 0 radical (unpaired) electrons. The minimum Gasteiger partial charge on any atom is -0.395 e. The summed E-state index contributed by atoms with van der Waals surface area (Å²) in [7, 11) is 0. The zero-order valence-corrected chi connectivity index (χ0v) is 12.2. The first-order valence-electron chi connectivity index (χ1n) is 6.38. The fraction of sp³-hybridized carbons (Fsp3) is 0.214. The molecular weight excluding hydrogens is 288 g/mol. The van der Waals surface area contributed by atoms with Crippen LogP contribution in [-0.2, 0) is 0 Å². The Morgan fingerprint density at radius 3 is 3.10 bits per heavy atom. The van der Waals surface area contributed by atoms with Gasteiger partial charge in [-0.1, -0.05) is 6.08 Å². The van der Waals surface area contributed by atoms with E-state index in [1.165, 1.54) is 16.2 Å². The van der Waals surface area contributed by atoms with Gasteiger partial charge in [0.1, 0.15) is 0 Å². The van der Waals surface area contributed by atoms with Crippen molar-refractivity contribution in [3.8, 4) is 11.3 Å². The van der Waals surface area contributed by atoms with Crippen molar-refractivity contribution in [3.63, 3.8) is 0 Å². The topological polar surface area (TPSA) is 78.4 Å². The molecule has 0 saturated heterocycles. The van der Waals surface area contributed by atoms with Crippen LogP contribution in [-0.4, -0.2) is 45.7 Å². The van der Waals surface area contributed by atoms with Gasteiger partial charge in [0, 0.05) is 36.4 Å². The predicted octanol–water partition coefficient (Wildman–Crippen LogP) is 2.22. The maximum Gasteiger partial charge on any atom is 0.324 e. The first-order chi connectivity index (χ1) is 10.2. The van der Waals surface area contributed by atoms with Crippen LogP contribution in [0.15, 0.2) is 42.6 Å². The highest BCUT2D eigenvalue weighted by molar-refractivity contribution is 7.14. The third-order valence-electron chi connectivity index (χ3n) is 2.68. The van der Waals surface area contributed by atoms with E-state index in [0.29, 0.717) is 11.7 Å². The van der Waals surface area contributed by atoms with E-state index in [1.54, 1.807) is 18.5 Å². The molecule has 0 unspecified atom stereocenters. The number of hydrogen-bond donors (Lipinski definition) is 2. The van der Waals surface area contributed by atoms with Crippen molar-refractivity contribution in [1.29, 1.82) is 0 Å². The third-order valence-corrected chi connectivity index (χ3v) is 3.44. The van der Waals surface area contributed by atoms with E-state index in [1.807, 2.05) is 17.5 Å². The van der Waals surface area contributed by atoms with Crippen LogP contribution in [0, 0.1) is 0 Å². The van der Waals surface area contributed by atoms with Crippen LogP contribution >= 0.6 is 11.3 Å². The molecule has 2 heterocycles. The molecule has 0 aromatic carbocycles. The average Bonchev–Trinajstić information content (AvgIpc) is 2.96. The fourth-order valence-electron chi connectivity index (χ4n) is 1.70. The normalized spacial score (nSPS) is 10.1. The van der Waals surface area contributed by atoms with E-state index in [2.05, 4.69) is 21.9 Å². The molecule has 7 heteroatoms. The Morgan fingerprint density at radius 2 is 2.43 bits per heavy atom. The summed E-state index contributed by atoms with van der Waals surface area (Å²) in [6, 6.07) is 3.43. The summed E-state index contributed by atoms with van der Waals surface area (Å²) in [5.74, 6) is 0. The highest BCUT2D eigenvalue weighted by atomic mass is 32.1. The number of hydrogen-bond acceptors (Lipinski definition) is 5. The van der Waals surface area contributed by atoms with Crippen LogP contribution in [0.4, 0.5) is 9.93 Å². The number of nitrogens with zero attached hydrogens (tertiary/aromatic N) is 3. The van der Waals surface area contributed by atoms with Gasteiger partial charge in [0.05, 0.1) is 12.3 Å². The van der Waals surface area contributed by atoms with Crippen molar-refractivity contribution in [2.24, 2.45) is 0 Å². The first kappa shape index (κ1) is 15.1. The summed E-state index contributed by atoms with van der Waals surface area (Å²) in [5.41, 5.74) is 1.66. The molecule has 2 amide bonds. The molecule has 0 saturated carbocycles. The highest BCUT2D eigenvalue weighted by Crippen LogP contribution is 2.24. The number of urea groups is 1. The molecule has 0 spiro atoms. The van der Waals surface area contributed by atoms with E-state index in [-0.39, 0.29) is 19.2 Å². The number of carbonyl (C=O) groups excluding carboxylic acids is 1. The van der Waals surface area contributed by atoms with Gasteiger partial charge in [0.2, 0.25) is 0 Å². The lowest BCUT2D eigenvalue weighted by Gasteiger charge is -2.19. The minimum atomic E-state index is -0.309. The van der Waals surface area contributed by atoms with Gasteiger partial charge < -0.3 is 10.0 Å². The van der Waals surface area contributed by atoms with Crippen molar-refractivity contribution in [1.82, 2.24) is 14.9 Å². The molecular formula is C14H16N4O2S. The van der Waals surface area contributed by atoms with E-state index >= 15 is 0 Å². The zero-order valence-electron chi connectivity index (χ0n) is 11.4. The molecule has 0 aliphatic rings. The Kier molecular flexibility index (Phi) is 5.42. The molecule has 0 bridgehead atoms. The molecule has 0 aliphatic heterocycles. The van der Waals surface area contributed by atoms with Crippen LogP contribution in [0.25, 0.3) is 11.3 Å². The number of thiazole rings is 1. The van der Waals surface area contributed by atoms with Gasteiger partial charge in [0.15, 0.2) is 5.13 Å². The molecule has 0 fully saturated rings. The van der Waals surface area contributed by atoms with E-state index in [9.17, 15) is 4.79 Å². The summed E-state index contributed by atoms with van der Waals surface area (Å²) >= 11 is 1.34. The van der Waals surface area contributed by atoms with Gasteiger partial charge in [-0.2, -0.15) is 0 Å². The van der Waals surface area contributed by atoms with E-state index in [4.69, 9.17) is 5.11 Å². The van der Waals surface area contributed by atoms with Crippen molar-refractivity contribution in [2.45, 2.75) is 0 Å². The van der Waals surface area contributed by atoms with Crippen LogP contribution in [0.5, 0.6) is 0 Å². The number of aromatic nitrogens is 2. The molecule has 0 aliphatic carbocycles. The lowest BCUT2D eigenvalue weighted by atomic mass is 10.2. The molecule has 2 rings (SSSR count). The maximum absolute atomic E-state index is 12.0. The molecule has 21 heavy (non-hydrogen) atoms. The Hall–Kier alpha value is -2.25. The van der Waals surface area contributed by atoms with E-state index < -0.39 is 0 Å². The molecule has 2 aromatic rings.